The lowest BCUT2D eigenvalue weighted by Crippen LogP contribution is -1.98. The minimum atomic E-state index is -0.790. The van der Waals surface area contributed by atoms with Crippen molar-refractivity contribution in [1.82, 2.24) is 19.7 Å². The van der Waals surface area contributed by atoms with E-state index in [4.69, 9.17) is 0 Å². The molecule has 0 aliphatic carbocycles. The molecule has 0 fully saturated rings. The van der Waals surface area contributed by atoms with Crippen molar-refractivity contribution in [3.8, 4) is 34.3 Å². The lowest BCUT2D eigenvalue weighted by Gasteiger charge is -2.07. The third-order valence-corrected chi connectivity index (χ3v) is 4.23. The maximum Gasteiger partial charge on any atom is 0.315 e. The first-order chi connectivity index (χ1) is 11.8. The Bertz CT molecular complexity index is 1000. The summed E-state index contributed by atoms with van der Waals surface area (Å²) in [5.41, 5.74) is 1.17. The van der Waals surface area contributed by atoms with E-state index < -0.39 is 22.1 Å². The van der Waals surface area contributed by atoms with E-state index in [1.807, 2.05) is 19.1 Å². The number of phenolic OH excluding ortho intramolecular Hbond substituents is 2. The molecule has 10 heteroatoms. The van der Waals surface area contributed by atoms with Gasteiger partial charge >= 0.3 is 5.69 Å². The van der Waals surface area contributed by atoms with Gasteiger partial charge in [-0.3, -0.25) is 10.1 Å². The number of nitro benzene ring substituents is 1. The van der Waals surface area contributed by atoms with Crippen LogP contribution in [0.1, 0.15) is 5.69 Å². The van der Waals surface area contributed by atoms with Crippen molar-refractivity contribution < 1.29 is 15.1 Å². The lowest BCUT2D eigenvalue weighted by molar-refractivity contribution is -0.385. The van der Waals surface area contributed by atoms with E-state index in [-0.39, 0.29) is 5.56 Å². The molecule has 0 amide bonds. The number of aromatic hydroxyl groups is 2. The van der Waals surface area contributed by atoms with Gasteiger partial charge in [0, 0.05) is 24.4 Å². The van der Waals surface area contributed by atoms with Gasteiger partial charge in [0.05, 0.1) is 10.5 Å². The summed E-state index contributed by atoms with van der Waals surface area (Å²) in [6.07, 6.45) is 0. The summed E-state index contributed by atoms with van der Waals surface area (Å²) < 4.78 is 2.21. The van der Waals surface area contributed by atoms with E-state index >= 15 is 0 Å². The van der Waals surface area contributed by atoms with Crippen molar-refractivity contribution in [2.24, 2.45) is 7.05 Å². The van der Waals surface area contributed by atoms with Crippen LogP contribution in [0.25, 0.3) is 22.8 Å². The minimum Gasteiger partial charge on any atom is -0.504 e. The van der Waals surface area contributed by atoms with Crippen LogP contribution in [0.15, 0.2) is 28.9 Å². The van der Waals surface area contributed by atoms with Crippen LogP contribution in [0.5, 0.6) is 11.5 Å². The number of nitro groups is 1. The van der Waals surface area contributed by atoms with E-state index in [1.165, 1.54) is 6.07 Å². The second-order valence-electron chi connectivity index (χ2n) is 5.32. The van der Waals surface area contributed by atoms with Gasteiger partial charge in [-0.25, -0.2) is 4.98 Å². The van der Waals surface area contributed by atoms with E-state index in [0.717, 1.165) is 11.8 Å². The van der Waals surface area contributed by atoms with Gasteiger partial charge in [-0.2, -0.15) is 0 Å². The maximum absolute atomic E-state index is 11.0. The molecule has 0 saturated heterocycles. The average Bonchev–Trinajstić information content (AvgIpc) is 2.91. The van der Waals surface area contributed by atoms with Crippen molar-refractivity contribution in [1.29, 1.82) is 0 Å². The Morgan fingerprint density at radius 3 is 2.52 bits per heavy atom. The molecule has 0 unspecified atom stereocenters. The van der Waals surface area contributed by atoms with Crippen molar-refractivity contribution in [2.45, 2.75) is 6.92 Å². The summed E-state index contributed by atoms with van der Waals surface area (Å²) in [4.78, 5) is 14.6. The van der Waals surface area contributed by atoms with Crippen LogP contribution >= 0.6 is 15.9 Å². The Kier molecular flexibility index (Phi) is 4.13. The number of phenols is 2. The molecule has 0 aliphatic heterocycles. The Balaban J connectivity index is 2.15. The molecule has 3 rings (SSSR count). The molecule has 0 atom stereocenters. The predicted octanol–water partition coefficient (Wildman–Crippen LogP) is 2.93. The number of rotatable bonds is 3. The second kappa shape index (κ2) is 6.13. The summed E-state index contributed by atoms with van der Waals surface area (Å²) in [5.74, 6) is -0.612. The molecule has 9 nitrogen and oxygen atoms in total. The van der Waals surface area contributed by atoms with Crippen LogP contribution in [0, 0.1) is 17.0 Å². The molecule has 0 aliphatic rings. The van der Waals surface area contributed by atoms with Crippen LogP contribution in [0.3, 0.4) is 0 Å². The van der Waals surface area contributed by atoms with Gasteiger partial charge in [-0.05, 0) is 41.1 Å². The fraction of sp³-hybridized carbons (Fsp3) is 0.133. The first-order valence-corrected chi connectivity index (χ1v) is 7.82. The molecule has 0 bridgehead atoms. The van der Waals surface area contributed by atoms with Crippen molar-refractivity contribution in [2.75, 3.05) is 0 Å². The van der Waals surface area contributed by atoms with E-state index in [2.05, 4.69) is 31.1 Å². The summed E-state index contributed by atoms with van der Waals surface area (Å²) in [6.45, 7) is 1.86. The lowest BCUT2D eigenvalue weighted by atomic mass is 10.1. The predicted molar refractivity (Wildman–Crippen MR) is 92.1 cm³/mol. The van der Waals surface area contributed by atoms with Crippen molar-refractivity contribution in [3.05, 3.63) is 44.7 Å². The number of halogens is 1. The Morgan fingerprint density at radius 1 is 1.20 bits per heavy atom. The number of aryl methyl sites for hydroxylation is 1. The molecule has 0 saturated carbocycles. The Morgan fingerprint density at radius 2 is 1.88 bits per heavy atom. The molecule has 3 aromatic rings. The fourth-order valence-corrected chi connectivity index (χ4v) is 2.97. The quantitative estimate of drug-likeness (QED) is 0.296. The SMILES string of the molecule is Cc1ccc(-c2nnc(-c3cc(O)c(O)c([N+](=O)[O-])c3)n2C)c(Br)n1. The summed E-state index contributed by atoms with van der Waals surface area (Å²) in [5, 5.41) is 38.5. The summed E-state index contributed by atoms with van der Waals surface area (Å²) in [6, 6.07) is 5.98. The molecule has 25 heavy (non-hydrogen) atoms. The summed E-state index contributed by atoms with van der Waals surface area (Å²) in [7, 11) is 1.69. The molecule has 1 aromatic carbocycles. The number of benzene rings is 1. The number of aromatic nitrogens is 4. The standard InChI is InChI=1S/C15H12BrN5O4/c1-7-3-4-9(13(16)17-7)15-19-18-14(20(15)2)8-5-10(21(24)25)12(23)11(22)6-8/h3-6,22-23H,1-2H3. The number of hydrogen-bond donors (Lipinski definition) is 2. The highest BCUT2D eigenvalue weighted by Gasteiger charge is 2.22. The van der Waals surface area contributed by atoms with Gasteiger partial charge in [0.25, 0.3) is 0 Å². The zero-order valence-corrected chi connectivity index (χ0v) is 14.7. The van der Waals surface area contributed by atoms with Gasteiger partial charge in [-0.1, -0.05) is 0 Å². The van der Waals surface area contributed by atoms with Gasteiger partial charge in [0.15, 0.2) is 17.4 Å². The zero-order valence-electron chi connectivity index (χ0n) is 13.1. The van der Waals surface area contributed by atoms with Crippen LogP contribution in [0.2, 0.25) is 0 Å². The van der Waals surface area contributed by atoms with Gasteiger partial charge < -0.3 is 14.8 Å². The second-order valence-corrected chi connectivity index (χ2v) is 6.07. The minimum absolute atomic E-state index is 0.249. The van der Waals surface area contributed by atoms with Crippen molar-refractivity contribution >= 4 is 21.6 Å². The van der Waals surface area contributed by atoms with Crippen molar-refractivity contribution in [3.63, 3.8) is 0 Å². The number of hydrogen-bond acceptors (Lipinski definition) is 7. The average molecular weight is 406 g/mol. The molecule has 2 heterocycles. The molecular formula is C15H12BrN5O4. The summed E-state index contributed by atoms with van der Waals surface area (Å²) >= 11 is 3.38. The first kappa shape index (κ1) is 16.8. The normalized spacial score (nSPS) is 10.8. The largest absolute Gasteiger partial charge is 0.504 e. The van der Waals surface area contributed by atoms with Crippen LogP contribution < -0.4 is 0 Å². The molecule has 2 N–H and O–H groups in total. The smallest absolute Gasteiger partial charge is 0.315 e. The maximum atomic E-state index is 11.0. The third kappa shape index (κ3) is 2.91. The topological polar surface area (TPSA) is 127 Å². The van der Waals surface area contributed by atoms with Crippen LogP contribution in [-0.2, 0) is 7.05 Å². The highest BCUT2D eigenvalue weighted by molar-refractivity contribution is 9.10. The fourth-order valence-electron chi connectivity index (χ4n) is 2.38. The third-order valence-electron chi connectivity index (χ3n) is 3.63. The highest BCUT2D eigenvalue weighted by atomic mass is 79.9. The number of nitrogens with zero attached hydrogens (tertiary/aromatic N) is 5. The van der Waals surface area contributed by atoms with Gasteiger partial charge in [0.1, 0.15) is 4.60 Å². The van der Waals surface area contributed by atoms with E-state index in [9.17, 15) is 20.3 Å². The Hall–Kier alpha value is -3.01. The first-order valence-electron chi connectivity index (χ1n) is 7.03. The molecular weight excluding hydrogens is 394 g/mol. The molecule has 0 radical (unpaired) electrons. The highest BCUT2D eigenvalue weighted by Crippen LogP contribution is 2.39. The molecule has 2 aromatic heterocycles. The van der Waals surface area contributed by atoms with Gasteiger partial charge in [-0.15, -0.1) is 10.2 Å². The van der Waals surface area contributed by atoms with Crippen LogP contribution in [-0.4, -0.2) is 34.9 Å². The van der Waals surface area contributed by atoms with E-state index in [0.29, 0.717) is 21.8 Å². The monoisotopic (exact) mass is 405 g/mol. The Labute approximate surface area is 149 Å². The van der Waals surface area contributed by atoms with E-state index in [1.54, 1.807) is 11.6 Å². The van der Waals surface area contributed by atoms with Gasteiger partial charge in [0.2, 0.25) is 5.75 Å². The molecule has 0 spiro atoms. The number of pyridine rings is 1. The zero-order chi connectivity index (χ0) is 18.3. The molecule has 128 valence electrons. The van der Waals surface area contributed by atoms with Crippen LogP contribution in [0.4, 0.5) is 5.69 Å².